The lowest BCUT2D eigenvalue weighted by Crippen LogP contribution is -2.15. The van der Waals surface area contributed by atoms with Crippen LogP contribution in [0.4, 0.5) is 0 Å². The monoisotopic (exact) mass is 256 g/mol. The summed E-state index contributed by atoms with van der Waals surface area (Å²) >= 11 is 1.50. The minimum absolute atomic E-state index is 0.283. The summed E-state index contributed by atoms with van der Waals surface area (Å²) in [6, 6.07) is 5.37. The van der Waals surface area contributed by atoms with Crippen LogP contribution in [0.5, 0.6) is 0 Å². The van der Waals surface area contributed by atoms with Crippen LogP contribution < -0.4 is 0 Å². The molecule has 1 N–H and O–H groups in total. The first kappa shape index (κ1) is 14.0. The largest absolute Gasteiger partial charge is 0.478 e. The van der Waals surface area contributed by atoms with Crippen molar-refractivity contribution in [2.45, 2.75) is 18.1 Å². The number of hydrogen-bond donors (Lipinski definition) is 1. The summed E-state index contributed by atoms with van der Waals surface area (Å²) in [5.41, 5.74) is 1.10. The molecule has 0 radical (unpaired) electrons. The minimum Gasteiger partial charge on any atom is -0.478 e. The van der Waals surface area contributed by atoms with E-state index in [4.69, 9.17) is 14.6 Å². The van der Waals surface area contributed by atoms with Crippen molar-refractivity contribution in [3.05, 3.63) is 29.3 Å². The number of ether oxygens (including phenoxy) is 2. The maximum atomic E-state index is 11.0. The molecular formula is C12H16O4S. The molecule has 0 bridgehead atoms. The van der Waals surface area contributed by atoms with Gasteiger partial charge in [-0.25, -0.2) is 4.79 Å². The van der Waals surface area contributed by atoms with Gasteiger partial charge >= 0.3 is 5.97 Å². The molecular weight excluding hydrogens is 240 g/mol. The van der Waals surface area contributed by atoms with Crippen LogP contribution in [-0.2, 0) is 9.47 Å². The molecule has 0 saturated carbocycles. The van der Waals surface area contributed by atoms with Gasteiger partial charge in [0.15, 0.2) is 6.29 Å². The standard InChI is InChI=1S/C12H16O4S/c1-8-4-5-9(6-10(8)12(13)14)17-7-11(15-2)16-3/h4-6,11H,7H2,1-3H3,(H,13,14). The maximum Gasteiger partial charge on any atom is 0.335 e. The van der Waals surface area contributed by atoms with E-state index in [1.165, 1.54) is 11.8 Å². The van der Waals surface area contributed by atoms with Gasteiger partial charge in [0.1, 0.15) is 0 Å². The Bertz CT molecular complexity index is 388. The van der Waals surface area contributed by atoms with Crippen molar-refractivity contribution in [2.24, 2.45) is 0 Å². The normalized spacial score (nSPS) is 10.8. The lowest BCUT2D eigenvalue weighted by atomic mass is 10.1. The Morgan fingerprint density at radius 3 is 2.59 bits per heavy atom. The quantitative estimate of drug-likeness (QED) is 0.625. The molecule has 0 unspecified atom stereocenters. The number of rotatable bonds is 6. The fourth-order valence-corrected chi connectivity index (χ4v) is 2.28. The van der Waals surface area contributed by atoms with Crippen molar-refractivity contribution in [3.63, 3.8) is 0 Å². The highest BCUT2D eigenvalue weighted by Gasteiger charge is 2.10. The predicted octanol–water partition coefficient (Wildman–Crippen LogP) is 2.40. The van der Waals surface area contributed by atoms with Crippen LogP contribution in [-0.4, -0.2) is 37.3 Å². The molecule has 0 heterocycles. The Balaban J connectivity index is 2.72. The Morgan fingerprint density at radius 1 is 1.41 bits per heavy atom. The highest BCUT2D eigenvalue weighted by molar-refractivity contribution is 7.99. The maximum absolute atomic E-state index is 11.0. The van der Waals surface area contributed by atoms with Crippen molar-refractivity contribution in [1.82, 2.24) is 0 Å². The number of carboxylic acids is 1. The van der Waals surface area contributed by atoms with Crippen molar-refractivity contribution in [3.8, 4) is 0 Å². The fourth-order valence-electron chi connectivity index (χ4n) is 1.32. The number of aryl methyl sites for hydroxylation is 1. The summed E-state index contributed by atoms with van der Waals surface area (Å²) in [6.07, 6.45) is -0.283. The van der Waals surface area contributed by atoms with Crippen molar-refractivity contribution < 1.29 is 19.4 Å². The first-order valence-electron chi connectivity index (χ1n) is 5.10. The zero-order chi connectivity index (χ0) is 12.8. The third-order valence-electron chi connectivity index (χ3n) is 2.35. The van der Waals surface area contributed by atoms with Gasteiger partial charge in [0.2, 0.25) is 0 Å². The van der Waals surface area contributed by atoms with Crippen LogP contribution in [0.2, 0.25) is 0 Å². The van der Waals surface area contributed by atoms with Crippen LogP contribution in [0.25, 0.3) is 0 Å². The molecule has 1 rings (SSSR count). The third-order valence-corrected chi connectivity index (χ3v) is 3.38. The van der Waals surface area contributed by atoms with Crippen LogP contribution in [0.3, 0.4) is 0 Å². The molecule has 0 amide bonds. The van der Waals surface area contributed by atoms with Crippen molar-refractivity contribution in [1.29, 1.82) is 0 Å². The van der Waals surface area contributed by atoms with E-state index in [-0.39, 0.29) is 6.29 Å². The fraction of sp³-hybridized carbons (Fsp3) is 0.417. The van der Waals surface area contributed by atoms with E-state index < -0.39 is 5.97 Å². The number of benzene rings is 1. The Hall–Kier alpha value is -1.04. The average Bonchev–Trinajstić information content (AvgIpc) is 2.32. The lowest BCUT2D eigenvalue weighted by Gasteiger charge is -2.13. The molecule has 0 aromatic heterocycles. The smallest absolute Gasteiger partial charge is 0.335 e. The molecule has 0 aliphatic rings. The van der Waals surface area contributed by atoms with Crippen molar-refractivity contribution in [2.75, 3.05) is 20.0 Å². The van der Waals surface area contributed by atoms with Gasteiger partial charge in [0, 0.05) is 24.9 Å². The van der Waals surface area contributed by atoms with Gasteiger partial charge in [0.05, 0.1) is 5.56 Å². The predicted molar refractivity (Wildman–Crippen MR) is 66.7 cm³/mol. The van der Waals surface area contributed by atoms with E-state index in [1.807, 2.05) is 6.07 Å². The van der Waals surface area contributed by atoms with Gasteiger partial charge in [-0.3, -0.25) is 0 Å². The van der Waals surface area contributed by atoms with Gasteiger partial charge in [-0.1, -0.05) is 6.07 Å². The molecule has 5 heteroatoms. The lowest BCUT2D eigenvalue weighted by molar-refractivity contribution is -0.0842. The number of thioether (sulfide) groups is 1. The summed E-state index contributed by atoms with van der Waals surface area (Å²) in [4.78, 5) is 11.9. The molecule has 17 heavy (non-hydrogen) atoms. The zero-order valence-corrected chi connectivity index (χ0v) is 10.9. The second kappa shape index (κ2) is 6.64. The molecule has 0 aliphatic carbocycles. The van der Waals surface area contributed by atoms with E-state index in [1.54, 1.807) is 33.3 Å². The van der Waals surface area contributed by atoms with Gasteiger partial charge < -0.3 is 14.6 Å². The van der Waals surface area contributed by atoms with Crippen molar-refractivity contribution >= 4 is 17.7 Å². The highest BCUT2D eigenvalue weighted by Crippen LogP contribution is 2.22. The topological polar surface area (TPSA) is 55.8 Å². The average molecular weight is 256 g/mol. The third kappa shape index (κ3) is 4.03. The zero-order valence-electron chi connectivity index (χ0n) is 10.1. The molecule has 4 nitrogen and oxygen atoms in total. The van der Waals surface area contributed by atoms with Crippen LogP contribution >= 0.6 is 11.8 Å². The van der Waals surface area contributed by atoms with E-state index >= 15 is 0 Å². The Labute approximate surface area is 105 Å². The molecule has 1 aromatic carbocycles. The Morgan fingerprint density at radius 2 is 2.06 bits per heavy atom. The molecule has 94 valence electrons. The molecule has 0 aliphatic heterocycles. The summed E-state index contributed by atoms with van der Waals surface area (Å²) in [5, 5.41) is 9.00. The molecule has 0 saturated heterocycles. The molecule has 0 fully saturated rings. The molecule has 1 aromatic rings. The van der Waals surface area contributed by atoms with E-state index in [9.17, 15) is 4.79 Å². The van der Waals surface area contributed by atoms with E-state index in [2.05, 4.69) is 0 Å². The van der Waals surface area contributed by atoms with E-state index in [0.717, 1.165) is 10.5 Å². The number of carboxylic acid groups (broad SMARTS) is 1. The summed E-state index contributed by atoms with van der Waals surface area (Å²) in [5.74, 6) is -0.283. The first-order chi connectivity index (χ1) is 8.08. The first-order valence-corrected chi connectivity index (χ1v) is 6.09. The Kier molecular flexibility index (Phi) is 5.47. The van der Waals surface area contributed by atoms with E-state index in [0.29, 0.717) is 11.3 Å². The number of aromatic carboxylic acids is 1. The number of hydrogen-bond acceptors (Lipinski definition) is 4. The van der Waals surface area contributed by atoms with Gasteiger partial charge in [-0.15, -0.1) is 11.8 Å². The number of methoxy groups -OCH3 is 2. The summed E-state index contributed by atoms with van der Waals surface area (Å²) in [7, 11) is 3.15. The highest BCUT2D eigenvalue weighted by atomic mass is 32.2. The van der Waals surface area contributed by atoms with Gasteiger partial charge in [0.25, 0.3) is 0 Å². The van der Waals surface area contributed by atoms with Crippen LogP contribution in [0.1, 0.15) is 15.9 Å². The SMILES string of the molecule is COC(CSc1ccc(C)c(C(=O)O)c1)OC. The molecule has 0 atom stereocenters. The van der Waals surface area contributed by atoms with Crippen LogP contribution in [0, 0.1) is 6.92 Å². The summed E-state index contributed by atoms with van der Waals surface area (Å²) < 4.78 is 10.1. The minimum atomic E-state index is -0.903. The van der Waals surface area contributed by atoms with Gasteiger partial charge in [-0.05, 0) is 24.6 Å². The van der Waals surface area contributed by atoms with Gasteiger partial charge in [-0.2, -0.15) is 0 Å². The second-order valence-electron chi connectivity index (χ2n) is 3.49. The number of carbonyl (C=O) groups is 1. The molecule has 0 spiro atoms. The summed E-state index contributed by atoms with van der Waals surface area (Å²) in [6.45, 7) is 1.78. The second-order valence-corrected chi connectivity index (χ2v) is 4.59. The van der Waals surface area contributed by atoms with Crippen LogP contribution in [0.15, 0.2) is 23.1 Å².